The number of anilines is 1. The molecule has 1 N–H and O–H groups in total. The highest BCUT2D eigenvalue weighted by atomic mass is 32.2. The van der Waals surface area contributed by atoms with Crippen molar-refractivity contribution in [1.82, 2.24) is 9.97 Å². The number of aryl methyl sites for hydroxylation is 1. The maximum absolute atomic E-state index is 4.60. The van der Waals surface area contributed by atoms with Crippen molar-refractivity contribution in [2.75, 3.05) is 12.4 Å². The fourth-order valence-corrected chi connectivity index (χ4v) is 3.61. The molecule has 0 spiro atoms. The largest absolute Gasteiger partial charge is 0.357 e. The van der Waals surface area contributed by atoms with Gasteiger partial charge in [-0.15, -0.1) is 11.3 Å². The minimum atomic E-state index is 0.153. The first-order chi connectivity index (χ1) is 8.43. The van der Waals surface area contributed by atoms with Crippen molar-refractivity contribution < 1.29 is 0 Å². The van der Waals surface area contributed by atoms with E-state index in [1.54, 1.807) is 23.1 Å². The molecule has 0 fully saturated rings. The number of hydrogen-bond donors (Lipinski definition) is 1. The summed E-state index contributed by atoms with van der Waals surface area (Å²) >= 11 is 3.56. The third-order valence-corrected chi connectivity index (χ3v) is 4.67. The summed E-state index contributed by atoms with van der Waals surface area (Å²) in [5.74, 6) is 0.707. The standard InChI is InChI=1S/C13H19N3S2/c1-6-8-7-9-10(17-8)15-12(14-5)16-11(9)18-13(2,3)4/h7H,6H2,1-5H3,(H,14,15,16). The summed E-state index contributed by atoms with van der Waals surface area (Å²) in [6.45, 7) is 8.79. The molecule has 2 heterocycles. The second-order valence-corrected chi connectivity index (χ2v) is 8.03. The molecule has 0 saturated heterocycles. The average molecular weight is 281 g/mol. The van der Waals surface area contributed by atoms with Crippen LogP contribution in [0.3, 0.4) is 0 Å². The van der Waals surface area contributed by atoms with Gasteiger partial charge in [0.1, 0.15) is 9.86 Å². The first kappa shape index (κ1) is 13.6. The van der Waals surface area contributed by atoms with E-state index in [0.717, 1.165) is 16.3 Å². The smallest absolute Gasteiger partial charge is 0.224 e. The first-order valence-electron chi connectivity index (χ1n) is 6.10. The Hall–Kier alpha value is -0.810. The van der Waals surface area contributed by atoms with Crippen molar-refractivity contribution in [3.8, 4) is 0 Å². The van der Waals surface area contributed by atoms with Crippen molar-refractivity contribution >= 4 is 39.3 Å². The molecule has 5 heteroatoms. The molecule has 0 aliphatic carbocycles. The van der Waals surface area contributed by atoms with Gasteiger partial charge in [0, 0.05) is 22.1 Å². The topological polar surface area (TPSA) is 37.8 Å². The number of thioether (sulfide) groups is 1. The molecule has 2 aromatic rings. The third kappa shape index (κ3) is 2.95. The molecular weight excluding hydrogens is 262 g/mol. The Bertz CT molecular complexity index is 555. The van der Waals surface area contributed by atoms with Gasteiger partial charge in [0.2, 0.25) is 5.95 Å². The summed E-state index contributed by atoms with van der Waals surface area (Å²) in [7, 11) is 1.86. The lowest BCUT2D eigenvalue weighted by atomic mass is 10.3. The minimum Gasteiger partial charge on any atom is -0.357 e. The lowest BCUT2D eigenvalue weighted by Crippen LogP contribution is -2.08. The molecular formula is C13H19N3S2. The molecule has 2 aromatic heterocycles. The van der Waals surface area contributed by atoms with E-state index in [9.17, 15) is 0 Å². The lowest BCUT2D eigenvalue weighted by Gasteiger charge is -2.17. The van der Waals surface area contributed by atoms with E-state index in [1.807, 2.05) is 7.05 Å². The zero-order valence-electron chi connectivity index (χ0n) is 11.5. The van der Waals surface area contributed by atoms with Gasteiger partial charge in [0.15, 0.2) is 0 Å². The zero-order valence-corrected chi connectivity index (χ0v) is 13.1. The van der Waals surface area contributed by atoms with E-state index in [0.29, 0.717) is 5.95 Å². The molecule has 0 aliphatic rings. The van der Waals surface area contributed by atoms with E-state index >= 15 is 0 Å². The normalized spacial score (nSPS) is 12.1. The van der Waals surface area contributed by atoms with Crippen LogP contribution >= 0.6 is 23.1 Å². The second kappa shape index (κ2) is 5.05. The van der Waals surface area contributed by atoms with E-state index in [1.165, 1.54) is 10.3 Å². The summed E-state index contributed by atoms with van der Waals surface area (Å²) < 4.78 is 0.153. The van der Waals surface area contributed by atoms with Gasteiger partial charge in [-0.2, -0.15) is 0 Å². The third-order valence-electron chi connectivity index (χ3n) is 2.38. The van der Waals surface area contributed by atoms with Crippen LogP contribution in [0.15, 0.2) is 11.1 Å². The Morgan fingerprint density at radius 3 is 2.61 bits per heavy atom. The molecule has 2 rings (SSSR count). The Morgan fingerprint density at radius 2 is 2.06 bits per heavy atom. The molecule has 3 nitrogen and oxygen atoms in total. The SMILES string of the molecule is CCc1cc2c(SC(C)(C)C)nc(NC)nc2s1. The fourth-order valence-electron chi connectivity index (χ4n) is 1.60. The number of hydrogen-bond acceptors (Lipinski definition) is 5. The van der Waals surface area contributed by atoms with E-state index in [-0.39, 0.29) is 4.75 Å². The van der Waals surface area contributed by atoms with Gasteiger partial charge in [0.05, 0.1) is 0 Å². The monoisotopic (exact) mass is 281 g/mol. The van der Waals surface area contributed by atoms with E-state index in [2.05, 4.69) is 49.0 Å². The molecule has 0 atom stereocenters. The van der Waals surface area contributed by atoms with Gasteiger partial charge in [-0.05, 0) is 12.5 Å². The highest BCUT2D eigenvalue weighted by molar-refractivity contribution is 8.00. The Balaban J connectivity index is 2.57. The van der Waals surface area contributed by atoms with Crippen LogP contribution in [0.4, 0.5) is 5.95 Å². The molecule has 0 bridgehead atoms. The van der Waals surface area contributed by atoms with E-state index < -0.39 is 0 Å². The van der Waals surface area contributed by atoms with Crippen LogP contribution in [0.2, 0.25) is 0 Å². The summed E-state index contributed by atoms with van der Waals surface area (Å²) in [6.07, 6.45) is 1.05. The average Bonchev–Trinajstić information content (AvgIpc) is 2.70. The van der Waals surface area contributed by atoms with E-state index in [4.69, 9.17) is 0 Å². The lowest BCUT2D eigenvalue weighted by molar-refractivity contribution is 0.800. The molecule has 18 heavy (non-hydrogen) atoms. The highest BCUT2D eigenvalue weighted by Gasteiger charge is 2.18. The number of nitrogens with one attached hydrogen (secondary N) is 1. The zero-order chi connectivity index (χ0) is 13.3. The Kier molecular flexibility index (Phi) is 3.82. The van der Waals surface area contributed by atoms with Crippen molar-refractivity contribution in [2.24, 2.45) is 0 Å². The van der Waals surface area contributed by atoms with Crippen LogP contribution in [-0.2, 0) is 6.42 Å². The van der Waals surface area contributed by atoms with Crippen LogP contribution in [0.1, 0.15) is 32.6 Å². The van der Waals surface area contributed by atoms with Crippen LogP contribution < -0.4 is 5.32 Å². The van der Waals surface area contributed by atoms with Gasteiger partial charge in [-0.3, -0.25) is 0 Å². The highest BCUT2D eigenvalue weighted by Crippen LogP contribution is 2.38. The Labute approximate surface area is 116 Å². The quantitative estimate of drug-likeness (QED) is 0.676. The minimum absolute atomic E-state index is 0.153. The number of aromatic nitrogens is 2. The number of fused-ring (bicyclic) bond motifs is 1. The molecule has 0 radical (unpaired) electrons. The van der Waals surface area contributed by atoms with Crippen LogP contribution in [-0.4, -0.2) is 21.8 Å². The van der Waals surface area contributed by atoms with Crippen LogP contribution in [0, 0.1) is 0 Å². The first-order valence-corrected chi connectivity index (χ1v) is 7.73. The van der Waals surface area contributed by atoms with Gasteiger partial charge >= 0.3 is 0 Å². The summed E-state index contributed by atoms with van der Waals surface area (Å²) in [5.41, 5.74) is 0. The maximum Gasteiger partial charge on any atom is 0.224 e. The summed E-state index contributed by atoms with van der Waals surface area (Å²) in [4.78, 5) is 11.6. The van der Waals surface area contributed by atoms with Crippen LogP contribution in [0.5, 0.6) is 0 Å². The number of rotatable bonds is 3. The predicted octanol–water partition coefficient (Wildman–Crippen LogP) is 4.19. The molecule has 0 amide bonds. The molecule has 0 saturated carbocycles. The molecule has 98 valence electrons. The second-order valence-electron chi connectivity index (χ2n) is 5.10. The fraction of sp³-hybridized carbons (Fsp3) is 0.538. The molecule has 0 aromatic carbocycles. The van der Waals surface area contributed by atoms with Gasteiger partial charge < -0.3 is 5.32 Å². The van der Waals surface area contributed by atoms with Crippen molar-refractivity contribution in [1.29, 1.82) is 0 Å². The van der Waals surface area contributed by atoms with Crippen molar-refractivity contribution in [3.63, 3.8) is 0 Å². The summed E-state index contributed by atoms with van der Waals surface area (Å²) in [5, 5.41) is 5.31. The predicted molar refractivity (Wildman–Crippen MR) is 81.9 cm³/mol. The Morgan fingerprint density at radius 1 is 1.33 bits per heavy atom. The number of nitrogens with zero attached hydrogens (tertiary/aromatic N) is 2. The van der Waals surface area contributed by atoms with Crippen LogP contribution in [0.25, 0.3) is 10.2 Å². The molecule has 0 aliphatic heterocycles. The number of thiophene rings is 1. The van der Waals surface area contributed by atoms with Gasteiger partial charge in [-0.25, -0.2) is 9.97 Å². The maximum atomic E-state index is 4.60. The molecule has 0 unspecified atom stereocenters. The summed E-state index contributed by atoms with van der Waals surface area (Å²) in [6, 6.07) is 2.23. The van der Waals surface area contributed by atoms with Crippen molar-refractivity contribution in [3.05, 3.63) is 10.9 Å². The van der Waals surface area contributed by atoms with Crippen molar-refractivity contribution in [2.45, 2.75) is 43.9 Å². The van der Waals surface area contributed by atoms with Gasteiger partial charge in [0.25, 0.3) is 0 Å². The van der Waals surface area contributed by atoms with Gasteiger partial charge in [-0.1, -0.05) is 39.5 Å².